The maximum Gasteiger partial charge on any atom is 0.234 e. The quantitative estimate of drug-likeness (QED) is 0.875. The first-order chi connectivity index (χ1) is 10.3. The third-order valence-electron chi connectivity index (χ3n) is 4.04. The number of carbonyl (C=O) groups is 1. The van der Waals surface area contributed by atoms with Gasteiger partial charge in [0.1, 0.15) is 0 Å². The molecule has 1 N–H and O–H groups in total. The van der Waals surface area contributed by atoms with Gasteiger partial charge in [0.15, 0.2) is 0 Å². The van der Waals surface area contributed by atoms with Gasteiger partial charge < -0.3 is 5.32 Å². The van der Waals surface area contributed by atoms with Gasteiger partial charge in [-0.2, -0.15) is 0 Å². The predicted molar refractivity (Wildman–Crippen MR) is 91.9 cm³/mol. The lowest BCUT2D eigenvalue weighted by Crippen LogP contribution is -2.17. The van der Waals surface area contributed by atoms with Crippen molar-refractivity contribution in [1.29, 1.82) is 0 Å². The molecule has 110 valence electrons. The van der Waals surface area contributed by atoms with Crippen molar-refractivity contribution < 1.29 is 4.79 Å². The van der Waals surface area contributed by atoms with E-state index < -0.39 is 0 Å². The number of hydrogen-bond acceptors (Lipinski definition) is 2. The van der Waals surface area contributed by atoms with Crippen molar-refractivity contribution in [3.63, 3.8) is 0 Å². The van der Waals surface area contributed by atoms with Crippen LogP contribution in [0.2, 0.25) is 0 Å². The summed E-state index contributed by atoms with van der Waals surface area (Å²) in [5, 5.41) is 6.06. The summed E-state index contributed by atoms with van der Waals surface area (Å²) in [5.74, 6) is 0.679. The molecule has 2 aromatic rings. The van der Waals surface area contributed by atoms with Crippen LogP contribution in [0.4, 0.5) is 5.69 Å². The van der Waals surface area contributed by atoms with Gasteiger partial charge in [0.2, 0.25) is 5.91 Å². The largest absolute Gasteiger partial charge is 0.325 e. The summed E-state index contributed by atoms with van der Waals surface area (Å²) >= 11 is 1.82. The van der Waals surface area contributed by atoms with Gasteiger partial charge in [0, 0.05) is 10.9 Å². The zero-order chi connectivity index (χ0) is 14.5. The lowest BCUT2D eigenvalue weighted by atomic mass is 10.0. The fourth-order valence-corrected chi connectivity index (χ4v) is 4.02. The first-order valence-corrected chi connectivity index (χ1v) is 8.76. The van der Waals surface area contributed by atoms with Gasteiger partial charge in [-0.3, -0.25) is 4.79 Å². The molecule has 1 fully saturated rings. The third kappa shape index (κ3) is 4.01. The van der Waals surface area contributed by atoms with E-state index in [0.29, 0.717) is 11.0 Å². The highest BCUT2D eigenvalue weighted by molar-refractivity contribution is 8.00. The molecule has 1 aliphatic rings. The van der Waals surface area contributed by atoms with E-state index in [1.165, 1.54) is 37.5 Å². The number of carbonyl (C=O) groups excluding carboxylic acids is 1. The molecule has 2 nitrogen and oxygen atoms in total. The van der Waals surface area contributed by atoms with Gasteiger partial charge in [0.25, 0.3) is 0 Å². The maximum absolute atomic E-state index is 12.1. The lowest BCUT2D eigenvalue weighted by Gasteiger charge is -2.20. The van der Waals surface area contributed by atoms with Gasteiger partial charge in [-0.05, 0) is 35.7 Å². The lowest BCUT2D eigenvalue weighted by molar-refractivity contribution is -0.113. The van der Waals surface area contributed by atoms with Gasteiger partial charge >= 0.3 is 0 Å². The number of thioether (sulfide) groups is 1. The summed E-state index contributed by atoms with van der Waals surface area (Å²) in [5.41, 5.74) is 0.892. The van der Waals surface area contributed by atoms with Crippen molar-refractivity contribution in [2.75, 3.05) is 11.1 Å². The van der Waals surface area contributed by atoms with Gasteiger partial charge in [-0.1, -0.05) is 49.6 Å². The Labute approximate surface area is 130 Å². The molecule has 1 aliphatic carbocycles. The van der Waals surface area contributed by atoms with Gasteiger partial charge in [-0.15, -0.1) is 11.8 Å². The number of nitrogens with one attached hydrogen (secondary N) is 1. The van der Waals surface area contributed by atoms with E-state index in [9.17, 15) is 4.79 Å². The Morgan fingerprint density at radius 3 is 2.62 bits per heavy atom. The first-order valence-electron chi connectivity index (χ1n) is 7.71. The fourth-order valence-electron chi connectivity index (χ4n) is 2.89. The summed E-state index contributed by atoms with van der Waals surface area (Å²) < 4.78 is 0. The molecular formula is C18H21NOS. The van der Waals surface area contributed by atoms with Crippen LogP contribution in [-0.2, 0) is 4.79 Å². The topological polar surface area (TPSA) is 29.1 Å². The van der Waals surface area contributed by atoms with Crippen LogP contribution in [0.25, 0.3) is 10.8 Å². The highest BCUT2D eigenvalue weighted by Crippen LogP contribution is 2.28. The van der Waals surface area contributed by atoms with Crippen LogP contribution >= 0.6 is 11.8 Å². The summed E-state index contributed by atoms with van der Waals surface area (Å²) in [7, 11) is 0. The molecule has 0 bridgehead atoms. The van der Waals surface area contributed by atoms with Crippen LogP contribution in [0.3, 0.4) is 0 Å². The molecule has 3 rings (SSSR count). The summed E-state index contributed by atoms with van der Waals surface area (Å²) in [6.07, 6.45) is 6.55. The van der Waals surface area contributed by atoms with Crippen molar-refractivity contribution in [2.45, 2.75) is 37.4 Å². The van der Waals surface area contributed by atoms with Crippen molar-refractivity contribution in [3.8, 4) is 0 Å². The van der Waals surface area contributed by atoms with Crippen LogP contribution in [0.15, 0.2) is 42.5 Å². The van der Waals surface area contributed by atoms with Crippen LogP contribution in [0.1, 0.15) is 32.1 Å². The molecule has 0 spiro atoms. The number of anilines is 1. The predicted octanol–water partition coefficient (Wildman–Crippen LogP) is 4.84. The molecule has 0 radical (unpaired) electrons. The molecule has 0 aromatic heterocycles. The van der Waals surface area contributed by atoms with E-state index in [0.717, 1.165) is 11.1 Å². The molecule has 0 heterocycles. The van der Waals surface area contributed by atoms with Crippen molar-refractivity contribution in [2.24, 2.45) is 0 Å². The maximum atomic E-state index is 12.1. The van der Waals surface area contributed by atoms with Crippen LogP contribution in [-0.4, -0.2) is 16.9 Å². The van der Waals surface area contributed by atoms with E-state index in [4.69, 9.17) is 0 Å². The Morgan fingerprint density at radius 1 is 1.05 bits per heavy atom. The molecule has 0 atom stereocenters. The second kappa shape index (κ2) is 6.99. The number of hydrogen-bond donors (Lipinski definition) is 1. The Bertz CT molecular complexity index is 619. The Balaban J connectivity index is 1.55. The molecule has 3 heteroatoms. The van der Waals surface area contributed by atoms with Crippen LogP contribution in [0.5, 0.6) is 0 Å². The number of rotatable bonds is 4. The summed E-state index contributed by atoms with van der Waals surface area (Å²) in [6, 6.07) is 14.3. The van der Waals surface area contributed by atoms with Crippen molar-refractivity contribution >= 4 is 34.1 Å². The molecule has 0 unspecified atom stereocenters. The SMILES string of the molecule is O=C(CSC1CCCCC1)Nc1ccc2ccccc2c1. The highest BCUT2D eigenvalue weighted by atomic mass is 32.2. The summed E-state index contributed by atoms with van der Waals surface area (Å²) in [4.78, 5) is 12.1. The van der Waals surface area contributed by atoms with E-state index >= 15 is 0 Å². The van der Waals surface area contributed by atoms with Crippen LogP contribution < -0.4 is 5.32 Å². The van der Waals surface area contributed by atoms with Crippen molar-refractivity contribution in [3.05, 3.63) is 42.5 Å². The third-order valence-corrected chi connectivity index (χ3v) is 5.41. The van der Waals surface area contributed by atoms with E-state index in [-0.39, 0.29) is 5.91 Å². The van der Waals surface area contributed by atoms with E-state index in [1.807, 2.05) is 36.0 Å². The van der Waals surface area contributed by atoms with Crippen LogP contribution in [0, 0.1) is 0 Å². The standard InChI is InChI=1S/C18H21NOS/c20-18(13-21-17-8-2-1-3-9-17)19-16-11-10-14-6-4-5-7-15(14)12-16/h4-7,10-12,17H,1-3,8-9,13H2,(H,19,20). The molecule has 21 heavy (non-hydrogen) atoms. The minimum Gasteiger partial charge on any atom is -0.325 e. The average Bonchev–Trinajstić information content (AvgIpc) is 2.54. The second-order valence-electron chi connectivity index (χ2n) is 5.68. The number of fused-ring (bicyclic) bond motifs is 1. The van der Waals surface area contributed by atoms with Gasteiger partial charge in [-0.25, -0.2) is 0 Å². The monoisotopic (exact) mass is 299 g/mol. The fraction of sp³-hybridized carbons (Fsp3) is 0.389. The molecule has 1 amide bonds. The molecule has 2 aromatic carbocycles. The Morgan fingerprint density at radius 2 is 1.81 bits per heavy atom. The smallest absolute Gasteiger partial charge is 0.234 e. The Kier molecular flexibility index (Phi) is 4.81. The van der Waals surface area contributed by atoms with E-state index in [1.54, 1.807) is 0 Å². The molecule has 0 saturated heterocycles. The zero-order valence-electron chi connectivity index (χ0n) is 12.2. The molecule has 0 aliphatic heterocycles. The van der Waals surface area contributed by atoms with Gasteiger partial charge in [0.05, 0.1) is 5.75 Å². The highest BCUT2D eigenvalue weighted by Gasteiger charge is 2.15. The zero-order valence-corrected chi connectivity index (χ0v) is 13.0. The molecular weight excluding hydrogens is 278 g/mol. The second-order valence-corrected chi connectivity index (χ2v) is 6.97. The first kappa shape index (κ1) is 14.5. The Hall–Kier alpha value is -1.48. The minimum absolute atomic E-state index is 0.112. The number of benzene rings is 2. The normalized spacial score (nSPS) is 16.0. The number of amides is 1. The summed E-state index contributed by atoms with van der Waals surface area (Å²) in [6.45, 7) is 0. The van der Waals surface area contributed by atoms with Crippen molar-refractivity contribution in [1.82, 2.24) is 0 Å². The minimum atomic E-state index is 0.112. The van der Waals surface area contributed by atoms with E-state index in [2.05, 4.69) is 23.5 Å². The molecule has 1 saturated carbocycles. The average molecular weight is 299 g/mol.